The van der Waals surface area contributed by atoms with E-state index >= 15 is 0 Å². The molecule has 7 saturated heterocycles. The number of aliphatic hydroxyl groups is 21. The molecule has 4 amide bonds. The van der Waals surface area contributed by atoms with Gasteiger partial charge in [-0.05, 0) is 0 Å². The van der Waals surface area contributed by atoms with E-state index < -0.39 is 316 Å². The molecule has 0 aliphatic carbocycles. The van der Waals surface area contributed by atoms with E-state index in [9.17, 15) is 136 Å². The minimum absolute atomic E-state index is 0.214. The topological polar surface area (TPSA) is 711 Å². The third kappa shape index (κ3) is 18.6. The zero-order valence-corrected chi connectivity index (χ0v) is 53.5. The average molecular weight is 1460 g/mol. The van der Waals surface area contributed by atoms with Gasteiger partial charge in [-0.3, -0.25) is 19.2 Å². The number of amides is 4. The van der Waals surface area contributed by atoms with Crippen LogP contribution >= 0.6 is 0 Å². The van der Waals surface area contributed by atoms with Gasteiger partial charge in [0.2, 0.25) is 29.9 Å². The molecule has 7 rings (SSSR count). The molecular formula is C55H91N4O41-. The number of carbonyl (C=O) groups is 5. The summed E-state index contributed by atoms with van der Waals surface area (Å²) in [5.74, 6) is -8.96. The van der Waals surface area contributed by atoms with Gasteiger partial charge < -0.3 is 205 Å². The van der Waals surface area contributed by atoms with Crippen LogP contribution in [0.5, 0.6) is 0 Å². The van der Waals surface area contributed by atoms with Crippen molar-refractivity contribution in [1.29, 1.82) is 0 Å². The molecule has 37 atom stereocenters. The van der Waals surface area contributed by atoms with Crippen LogP contribution < -0.4 is 26.4 Å². The van der Waals surface area contributed by atoms with Crippen LogP contribution in [0.4, 0.5) is 0 Å². The maximum absolute atomic E-state index is 13.7. The van der Waals surface area contributed by atoms with E-state index in [1.165, 1.54) is 0 Å². The Morgan fingerprint density at radius 3 is 1.39 bits per heavy atom. The second-order valence-electron chi connectivity index (χ2n) is 24.7. The molecule has 0 radical (unpaired) electrons. The number of carboxylic acids is 1. The highest BCUT2D eigenvalue weighted by Gasteiger charge is 2.62. The largest absolute Gasteiger partial charge is 0.544 e. The Labute approximate surface area is 565 Å². The van der Waals surface area contributed by atoms with Crippen molar-refractivity contribution in [1.82, 2.24) is 21.3 Å². The maximum atomic E-state index is 13.7. The average Bonchev–Trinajstić information content (AvgIpc) is 0.753. The minimum Gasteiger partial charge on any atom is -0.544 e. The number of aliphatic carboxylic acids is 1. The third-order valence-electron chi connectivity index (χ3n) is 17.7. The normalized spacial score (nSPS) is 45.0. The fraction of sp³-hybridized carbons (Fsp3) is 0.909. The van der Waals surface area contributed by atoms with Crippen molar-refractivity contribution >= 4 is 30.1 Å². The Kier molecular flexibility index (Phi) is 30.6. The van der Waals surface area contributed by atoms with Crippen LogP contribution in [0, 0.1) is 0 Å². The molecule has 45 heteroatoms. The van der Waals surface area contributed by atoms with Crippen LogP contribution in [-0.2, 0) is 90.3 Å². The number of hydrogen-bond donors (Lipinski definition) is 25. The molecule has 0 aromatic rings. The van der Waals surface area contributed by atoms with Crippen molar-refractivity contribution in [2.75, 3.05) is 59.5 Å². The highest BCUT2D eigenvalue weighted by Crippen LogP contribution is 2.42. The smallest absolute Gasteiger partial charge is 0.217 e. The number of carboxylic acid groups (broad SMARTS) is 1. The van der Waals surface area contributed by atoms with Gasteiger partial charge in [-0.25, -0.2) is 0 Å². The molecule has 7 heterocycles. The molecule has 0 aromatic heterocycles. The molecule has 0 unspecified atom stereocenters. The summed E-state index contributed by atoms with van der Waals surface area (Å²) in [6, 6.07) is -6.92. The Bertz CT molecular complexity index is 2600. The molecule has 45 nitrogen and oxygen atoms in total. The number of rotatable bonds is 31. The van der Waals surface area contributed by atoms with Crippen LogP contribution in [-0.4, -0.2) is 423 Å². The molecule has 25 N–H and O–H groups in total. The first-order valence-electron chi connectivity index (χ1n) is 31.4. The van der Waals surface area contributed by atoms with E-state index in [0.29, 0.717) is 0 Å². The molecule has 0 aromatic carbocycles. The Hall–Kier alpha value is -4.05. The van der Waals surface area contributed by atoms with Crippen molar-refractivity contribution in [2.45, 2.75) is 254 Å². The number of hydrogen-bond acceptors (Lipinski definition) is 41. The lowest BCUT2D eigenvalue weighted by molar-refractivity contribution is -0.421. The molecule has 578 valence electrons. The van der Waals surface area contributed by atoms with E-state index in [1.54, 1.807) is 0 Å². The predicted molar refractivity (Wildman–Crippen MR) is 305 cm³/mol. The Morgan fingerprint density at radius 2 is 0.870 bits per heavy atom. The van der Waals surface area contributed by atoms with Crippen molar-refractivity contribution in [3.8, 4) is 0 Å². The molecular weight excluding hydrogens is 1370 g/mol. The fourth-order valence-electron chi connectivity index (χ4n) is 12.5. The van der Waals surface area contributed by atoms with E-state index in [-0.39, 0.29) is 6.41 Å². The summed E-state index contributed by atoms with van der Waals surface area (Å²) in [4.78, 5) is 63.2. The highest BCUT2D eigenvalue weighted by molar-refractivity contribution is 5.75. The van der Waals surface area contributed by atoms with Gasteiger partial charge in [-0.2, -0.15) is 0 Å². The van der Waals surface area contributed by atoms with Crippen molar-refractivity contribution in [2.24, 2.45) is 0 Å². The van der Waals surface area contributed by atoms with E-state index in [0.717, 1.165) is 20.8 Å². The number of carbonyl (C=O) groups excluding carboxylic acids is 5. The molecule has 0 bridgehead atoms. The molecule has 0 spiro atoms. The van der Waals surface area contributed by atoms with Gasteiger partial charge in [0.1, 0.15) is 171 Å². The quantitative estimate of drug-likeness (QED) is 0.0287. The lowest BCUT2D eigenvalue weighted by atomic mass is 9.88. The van der Waals surface area contributed by atoms with Gasteiger partial charge in [0.25, 0.3) is 0 Å². The zero-order chi connectivity index (χ0) is 74.1. The predicted octanol–water partition coefficient (Wildman–Crippen LogP) is -18.8. The van der Waals surface area contributed by atoms with Crippen LogP contribution in [0.2, 0.25) is 0 Å². The lowest BCUT2D eigenvalue weighted by Crippen LogP contribution is -2.73. The number of nitrogens with one attached hydrogen (secondary N) is 4. The molecule has 100 heavy (non-hydrogen) atoms. The van der Waals surface area contributed by atoms with Crippen LogP contribution in [0.15, 0.2) is 0 Å². The zero-order valence-electron chi connectivity index (χ0n) is 53.5. The van der Waals surface area contributed by atoms with Gasteiger partial charge in [0.15, 0.2) is 37.7 Å². The second kappa shape index (κ2) is 36.8. The first-order chi connectivity index (χ1) is 47.3. The number of aliphatic hydroxyl groups excluding tert-OH is 21. The third-order valence-corrected chi connectivity index (χ3v) is 17.7. The lowest BCUT2D eigenvalue weighted by Gasteiger charge is -2.54. The van der Waals surface area contributed by atoms with E-state index in [2.05, 4.69) is 21.3 Å². The molecule has 0 saturated carbocycles. The van der Waals surface area contributed by atoms with Crippen LogP contribution in [0.3, 0.4) is 0 Å². The standard InChI is InChI=1S/C55H92N4O41/c1-15(69)57-27-19(72)4-55(54(85)86,99-45(27)30(74)20(73)6-61)100-47-40(84)53(95-42-25(11-66)92-50(38(82)36(42)80)87-13-18(5-60)56-14-68)93-26(12-67)43(47)96-49-29(59-17(3)71)44(32(76)22(8-63)88-49)97-52-39(83)46(33(77)23(9-64)90-52)98-48-28(58-16(2)70)34(78)41(24(10-65)91-48)94-51-37(81)35(79)31(75)21(7-62)89-51/h14,18-53,60-67,72-84H,4-13H2,1-3H3,(H,56,68)(H,57,69)(H,58,70)(H,59,71)(H,85,86)/p-1/t18-,19+,20-,21-,22-,23-,24-,25-,26-,27-,28-,29-,30-,31+,32+,33+,34-,35+,36-,37-,38-,39-,40-,41-,42-,43+,44-,45-,46+,47-,48+,49+,50-,51+,52+,53+,55+/m1/s1. The Balaban J connectivity index is 1.24. The SMILES string of the molecule is CC(=O)N[C@H]1[C@H](O[C@H]2[C@@H](O)[C@@H](CO)O[C@@H](O[C@H]3[C@@H](O)[C@@H](CO)O[C@@H](O[C@@H]4[C@H](O[C@]5(C(=O)[O-])C[C@H](O)[C@@H](NC(C)=O)[C@H]([C@H](O)[C@H](O)CO)O5)[C@@H](O)[C@H](O[C@H]5[C@H](O)[C@@H](O)[C@H](OC[C@@H](CO)NC=O)O[C@@H]5CO)O[C@@H]4CO)[C@@H]3NC(C)=O)[C@@H]2O)O[C@H](CO)[C@@H](O[C@@H]2O[C@H](CO)[C@H](O)[C@H](O)[C@H]2O)[C@@H]1O. The van der Waals surface area contributed by atoms with Gasteiger partial charge in [0.05, 0.1) is 77.6 Å². The van der Waals surface area contributed by atoms with Crippen molar-refractivity contribution in [3.05, 3.63) is 0 Å². The summed E-state index contributed by atoms with van der Waals surface area (Å²) in [6.07, 6.45) is -69.8. The summed E-state index contributed by atoms with van der Waals surface area (Å²) in [7, 11) is 0. The maximum Gasteiger partial charge on any atom is 0.217 e. The Morgan fingerprint density at radius 1 is 0.460 bits per heavy atom. The van der Waals surface area contributed by atoms with E-state index in [1.807, 2.05) is 0 Å². The highest BCUT2D eigenvalue weighted by atomic mass is 16.8. The first-order valence-corrected chi connectivity index (χ1v) is 31.4. The van der Waals surface area contributed by atoms with Gasteiger partial charge in [-0.15, -0.1) is 0 Å². The van der Waals surface area contributed by atoms with Crippen LogP contribution in [0.1, 0.15) is 27.2 Å². The van der Waals surface area contributed by atoms with Gasteiger partial charge in [0, 0.05) is 27.2 Å². The summed E-state index contributed by atoms with van der Waals surface area (Å²) in [6.45, 7) is -6.65. The number of ether oxygens (including phenoxy) is 14. The first kappa shape index (κ1) is 83.2. The minimum atomic E-state index is -3.58. The summed E-state index contributed by atoms with van der Waals surface area (Å²) in [5, 5.41) is 253. The van der Waals surface area contributed by atoms with Crippen molar-refractivity contribution < 1.29 is 203 Å². The molecule has 7 aliphatic rings. The summed E-state index contributed by atoms with van der Waals surface area (Å²) in [5.41, 5.74) is 0. The van der Waals surface area contributed by atoms with Gasteiger partial charge >= 0.3 is 0 Å². The molecule has 7 aliphatic heterocycles. The van der Waals surface area contributed by atoms with E-state index in [4.69, 9.17) is 66.3 Å². The molecule has 7 fully saturated rings. The monoisotopic (exact) mass is 1460 g/mol. The second-order valence-corrected chi connectivity index (χ2v) is 24.7. The fourth-order valence-corrected chi connectivity index (χ4v) is 12.5. The van der Waals surface area contributed by atoms with Crippen molar-refractivity contribution in [3.63, 3.8) is 0 Å². The summed E-state index contributed by atoms with van der Waals surface area (Å²) < 4.78 is 82.0. The summed E-state index contributed by atoms with van der Waals surface area (Å²) >= 11 is 0. The van der Waals surface area contributed by atoms with Gasteiger partial charge in [-0.1, -0.05) is 0 Å². The van der Waals surface area contributed by atoms with Crippen LogP contribution in [0.25, 0.3) is 0 Å².